The SMILES string of the molecule is CC(C)Nc1nc2c(C(C)C)cccc2s1. The predicted octanol–water partition coefficient (Wildman–Crippen LogP) is 4.24. The third-order valence-electron chi connectivity index (χ3n) is 2.48. The van der Waals surface area contributed by atoms with E-state index in [9.17, 15) is 0 Å². The van der Waals surface area contributed by atoms with Gasteiger partial charge in [0.2, 0.25) is 0 Å². The van der Waals surface area contributed by atoms with Gasteiger partial charge < -0.3 is 5.32 Å². The molecule has 16 heavy (non-hydrogen) atoms. The molecule has 2 aromatic rings. The lowest BCUT2D eigenvalue weighted by Crippen LogP contribution is -2.08. The highest BCUT2D eigenvalue weighted by molar-refractivity contribution is 7.22. The minimum atomic E-state index is 0.433. The van der Waals surface area contributed by atoms with E-state index in [0.29, 0.717) is 12.0 Å². The fraction of sp³-hybridized carbons (Fsp3) is 0.462. The molecule has 0 unspecified atom stereocenters. The normalized spacial score (nSPS) is 11.6. The number of rotatable bonds is 3. The molecule has 1 aromatic carbocycles. The van der Waals surface area contributed by atoms with Gasteiger partial charge in [0.05, 0.1) is 10.2 Å². The monoisotopic (exact) mass is 234 g/mol. The van der Waals surface area contributed by atoms with Crippen LogP contribution in [0.5, 0.6) is 0 Å². The first-order chi connectivity index (χ1) is 7.58. The minimum Gasteiger partial charge on any atom is -0.359 e. The highest BCUT2D eigenvalue weighted by Crippen LogP contribution is 2.31. The van der Waals surface area contributed by atoms with Gasteiger partial charge in [-0.15, -0.1) is 0 Å². The van der Waals surface area contributed by atoms with Crippen molar-refractivity contribution in [1.29, 1.82) is 0 Å². The fourth-order valence-electron chi connectivity index (χ4n) is 1.74. The second-order valence-electron chi connectivity index (χ2n) is 4.67. The first kappa shape index (κ1) is 11.4. The maximum atomic E-state index is 4.68. The Morgan fingerprint density at radius 3 is 2.56 bits per heavy atom. The number of aromatic nitrogens is 1. The molecule has 1 heterocycles. The Hall–Kier alpha value is -1.09. The largest absolute Gasteiger partial charge is 0.359 e. The lowest BCUT2D eigenvalue weighted by Gasteiger charge is -2.05. The van der Waals surface area contributed by atoms with Gasteiger partial charge in [0.15, 0.2) is 5.13 Å². The van der Waals surface area contributed by atoms with Crippen molar-refractivity contribution in [2.75, 3.05) is 5.32 Å². The molecule has 1 N–H and O–H groups in total. The molecule has 86 valence electrons. The molecule has 3 heteroatoms. The van der Waals surface area contributed by atoms with Crippen LogP contribution < -0.4 is 5.32 Å². The van der Waals surface area contributed by atoms with Crippen molar-refractivity contribution in [3.05, 3.63) is 23.8 Å². The van der Waals surface area contributed by atoms with Crippen LogP contribution >= 0.6 is 11.3 Å². The van der Waals surface area contributed by atoms with Crippen LogP contribution in [0.3, 0.4) is 0 Å². The van der Waals surface area contributed by atoms with Crippen molar-refractivity contribution in [2.24, 2.45) is 0 Å². The van der Waals surface area contributed by atoms with Crippen molar-refractivity contribution >= 4 is 26.7 Å². The van der Waals surface area contributed by atoms with E-state index in [1.807, 2.05) is 0 Å². The summed E-state index contributed by atoms with van der Waals surface area (Å²) in [5.74, 6) is 0.526. The third kappa shape index (κ3) is 2.19. The Bertz CT molecular complexity index is 486. The molecule has 0 saturated carbocycles. The Labute approximate surface area is 101 Å². The summed E-state index contributed by atoms with van der Waals surface area (Å²) in [5, 5.41) is 4.39. The third-order valence-corrected chi connectivity index (χ3v) is 3.44. The molecule has 0 amide bonds. The van der Waals surface area contributed by atoms with Crippen molar-refractivity contribution in [1.82, 2.24) is 4.98 Å². The van der Waals surface area contributed by atoms with Crippen LogP contribution in [-0.2, 0) is 0 Å². The van der Waals surface area contributed by atoms with E-state index in [1.54, 1.807) is 11.3 Å². The number of benzene rings is 1. The fourth-order valence-corrected chi connectivity index (χ4v) is 2.79. The molecule has 0 atom stereocenters. The first-order valence-corrected chi connectivity index (χ1v) is 6.55. The standard InChI is InChI=1S/C13H18N2S/c1-8(2)10-6-5-7-11-12(10)15-13(16-11)14-9(3)4/h5-9H,1-4H3,(H,14,15). The summed E-state index contributed by atoms with van der Waals surface area (Å²) in [6, 6.07) is 6.87. The molecule has 0 aliphatic rings. The number of hydrogen-bond donors (Lipinski definition) is 1. The van der Waals surface area contributed by atoms with Gasteiger partial charge in [-0.3, -0.25) is 0 Å². The molecule has 2 nitrogen and oxygen atoms in total. The molecule has 1 aromatic heterocycles. The van der Waals surface area contributed by atoms with Crippen LogP contribution in [0.4, 0.5) is 5.13 Å². The number of anilines is 1. The quantitative estimate of drug-likeness (QED) is 0.859. The van der Waals surface area contributed by atoms with Crippen LogP contribution in [0, 0.1) is 0 Å². The number of fused-ring (bicyclic) bond motifs is 1. The molecular weight excluding hydrogens is 216 g/mol. The van der Waals surface area contributed by atoms with Crippen LogP contribution in [0.1, 0.15) is 39.2 Å². The number of thiazole rings is 1. The van der Waals surface area contributed by atoms with Crippen LogP contribution in [-0.4, -0.2) is 11.0 Å². The lowest BCUT2D eigenvalue weighted by molar-refractivity contribution is 0.872. The highest BCUT2D eigenvalue weighted by atomic mass is 32.1. The Balaban J connectivity index is 2.48. The summed E-state index contributed by atoms with van der Waals surface area (Å²) < 4.78 is 1.27. The lowest BCUT2D eigenvalue weighted by atomic mass is 10.0. The second-order valence-corrected chi connectivity index (χ2v) is 5.70. The van der Waals surface area contributed by atoms with E-state index in [1.165, 1.54) is 10.3 Å². The molecule has 0 spiro atoms. The molecule has 0 aliphatic carbocycles. The van der Waals surface area contributed by atoms with Crippen molar-refractivity contribution in [2.45, 2.75) is 39.7 Å². The van der Waals surface area contributed by atoms with Gasteiger partial charge in [-0.25, -0.2) is 4.98 Å². The highest BCUT2D eigenvalue weighted by Gasteiger charge is 2.10. The number of nitrogens with one attached hydrogen (secondary N) is 1. The van der Waals surface area contributed by atoms with E-state index >= 15 is 0 Å². The molecule has 0 radical (unpaired) electrons. The molecule has 2 rings (SSSR count). The summed E-state index contributed by atoms with van der Waals surface area (Å²) in [4.78, 5) is 4.68. The van der Waals surface area contributed by atoms with E-state index < -0.39 is 0 Å². The molecule has 0 fully saturated rings. The van der Waals surface area contributed by atoms with Crippen molar-refractivity contribution in [3.63, 3.8) is 0 Å². The number of nitrogens with zero attached hydrogens (tertiary/aromatic N) is 1. The van der Waals surface area contributed by atoms with Crippen molar-refractivity contribution in [3.8, 4) is 0 Å². The van der Waals surface area contributed by atoms with E-state index in [-0.39, 0.29) is 0 Å². The number of hydrogen-bond acceptors (Lipinski definition) is 3. The molecule has 0 bridgehead atoms. The van der Waals surface area contributed by atoms with Crippen LogP contribution in [0.15, 0.2) is 18.2 Å². The van der Waals surface area contributed by atoms with Gasteiger partial charge in [0, 0.05) is 6.04 Å². The molecular formula is C13H18N2S. The Kier molecular flexibility index (Phi) is 3.15. The predicted molar refractivity (Wildman–Crippen MR) is 72.5 cm³/mol. The van der Waals surface area contributed by atoms with Gasteiger partial charge >= 0.3 is 0 Å². The average Bonchev–Trinajstić information content (AvgIpc) is 2.57. The van der Waals surface area contributed by atoms with Gasteiger partial charge in [-0.05, 0) is 31.4 Å². The van der Waals surface area contributed by atoms with E-state index in [4.69, 9.17) is 0 Å². The van der Waals surface area contributed by atoms with Gasteiger partial charge in [0.25, 0.3) is 0 Å². The summed E-state index contributed by atoms with van der Waals surface area (Å²) in [6.07, 6.45) is 0. The Morgan fingerprint density at radius 2 is 1.94 bits per heavy atom. The molecule has 0 saturated heterocycles. The summed E-state index contributed by atoms with van der Waals surface area (Å²) >= 11 is 1.73. The maximum absolute atomic E-state index is 4.68. The van der Waals surface area contributed by atoms with Crippen molar-refractivity contribution < 1.29 is 0 Å². The van der Waals surface area contributed by atoms with Crippen LogP contribution in [0.25, 0.3) is 10.2 Å². The summed E-state index contributed by atoms with van der Waals surface area (Å²) in [5.41, 5.74) is 2.50. The maximum Gasteiger partial charge on any atom is 0.183 e. The molecule has 0 aliphatic heterocycles. The topological polar surface area (TPSA) is 24.9 Å². The summed E-state index contributed by atoms with van der Waals surface area (Å²) in [6.45, 7) is 8.69. The summed E-state index contributed by atoms with van der Waals surface area (Å²) in [7, 11) is 0. The van der Waals surface area contributed by atoms with E-state index in [2.05, 4.69) is 56.2 Å². The van der Waals surface area contributed by atoms with Crippen LogP contribution in [0.2, 0.25) is 0 Å². The van der Waals surface area contributed by atoms with E-state index in [0.717, 1.165) is 10.6 Å². The zero-order valence-corrected chi connectivity index (χ0v) is 11.1. The number of para-hydroxylation sites is 1. The average molecular weight is 234 g/mol. The first-order valence-electron chi connectivity index (χ1n) is 5.74. The zero-order valence-electron chi connectivity index (χ0n) is 10.2. The van der Waals surface area contributed by atoms with Gasteiger partial charge in [0.1, 0.15) is 0 Å². The van der Waals surface area contributed by atoms with Gasteiger partial charge in [-0.2, -0.15) is 0 Å². The Morgan fingerprint density at radius 1 is 1.19 bits per heavy atom. The zero-order chi connectivity index (χ0) is 11.7. The van der Waals surface area contributed by atoms with Gasteiger partial charge in [-0.1, -0.05) is 37.3 Å². The smallest absolute Gasteiger partial charge is 0.183 e. The second kappa shape index (κ2) is 4.42. The minimum absolute atomic E-state index is 0.433.